The van der Waals surface area contributed by atoms with Crippen LogP contribution in [0.15, 0.2) is 78.2 Å². The molecule has 0 saturated carbocycles. The lowest BCUT2D eigenvalue weighted by molar-refractivity contribution is 0.0928. The molecule has 1 atom stereocenters. The highest BCUT2D eigenvalue weighted by Gasteiger charge is 2.20. The molecule has 1 aliphatic rings. The van der Waals surface area contributed by atoms with Gasteiger partial charge in [0.2, 0.25) is 0 Å². The summed E-state index contributed by atoms with van der Waals surface area (Å²) in [7, 11) is 0. The average Bonchev–Trinajstić information content (AvgIpc) is 3.62. The number of H-pyrrole nitrogens is 1. The van der Waals surface area contributed by atoms with Gasteiger partial charge in [-0.25, -0.2) is 9.50 Å². The van der Waals surface area contributed by atoms with Gasteiger partial charge >= 0.3 is 0 Å². The number of fused-ring (bicyclic) bond motifs is 2. The first-order chi connectivity index (χ1) is 18.1. The molecule has 6 rings (SSSR count). The van der Waals surface area contributed by atoms with E-state index in [0.717, 1.165) is 11.1 Å². The van der Waals surface area contributed by atoms with Crippen LogP contribution in [0.3, 0.4) is 0 Å². The van der Waals surface area contributed by atoms with Crippen molar-refractivity contribution >= 4 is 11.4 Å². The molecule has 2 aromatic carbocycles. The van der Waals surface area contributed by atoms with E-state index in [0.29, 0.717) is 43.4 Å². The van der Waals surface area contributed by atoms with Crippen LogP contribution >= 0.6 is 0 Å². The maximum absolute atomic E-state index is 13.2. The molecule has 11 heteroatoms. The molecule has 3 aromatic heterocycles. The van der Waals surface area contributed by atoms with Gasteiger partial charge < -0.3 is 19.8 Å². The van der Waals surface area contributed by atoms with E-state index < -0.39 is 0 Å². The number of rotatable bonds is 7. The van der Waals surface area contributed by atoms with Gasteiger partial charge in [0.25, 0.3) is 11.5 Å². The molecule has 1 aliphatic heterocycles. The second-order valence-corrected chi connectivity index (χ2v) is 8.60. The minimum Gasteiger partial charge on any atom is -0.486 e. The Balaban J connectivity index is 1.27. The van der Waals surface area contributed by atoms with Gasteiger partial charge in [0, 0.05) is 18.2 Å². The quantitative estimate of drug-likeness (QED) is 0.354. The van der Waals surface area contributed by atoms with Gasteiger partial charge in [-0.3, -0.25) is 14.3 Å². The second-order valence-electron chi connectivity index (χ2n) is 8.60. The van der Waals surface area contributed by atoms with E-state index in [9.17, 15) is 9.59 Å². The normalized spacial score (nSPS) is 13.4. The van der Waals surface area contributed by atoms with Gasteiger partial charge in [-0.15, -0.1) is 0 Å². The Bertz CT molecular complexity index is 1610. The lowest BCUT2D eigenvalue weighted by atomic mass is 10.0. The summed E-state index contributed by atoms with van der Waals surface area (Å²) in [6.45, 7) is 1.54. The number of carbonyl (C=O) groups is 1. The van der Waals surface area contributed by atoms with Gasteiger partial charge in [0.1, 0.15) is 31.4 Å². The van der Waals surface area contributed by atoms with E-state index in [4.69, 9.17) is 9.47 Å². The molecule has 11 nitrogen and oxygen atoms in total. The van der Waals surface area contributed by atoms with Crippen molar-refractivity contribution in [3.63, 3.8) is 0 Å². The largest absolute Gasteiger partial charge is 0.486 e. The predicted octanol–water partition coefficient (Wildman–Crippen LogP) is 2.61. The number of aromatic amines is 1. The molecule has 1 unspecified atom stereocenters. The number of ether oxygens (including phenoxy) is 2. The zero-order valence-corrected chi connectivity index (χ0v) is 19.7. The molecule has 0 saturated heterocycles. The van der Waals surface area contributed by atoms with Crippen LogP contribution in [0.5, 0.6) is 11.5 Å². The SMILES string of the molecule is O=C(NC(CCn1cncn1)c1ccccc1)c1cc2c(=O)[nH]c(-c3ccc4c(c3)OCCO4)cn2n1. The molecule has 1 amide bonds. The third kappa shape index (κ3) is 4.66. The van der Waals surface area contributed by atoms with Crippen molar-refractivity contribution in [3.8, 4) is 22.8 Å². The Hall–Kier alpha value is -4.93. The molecule has 0 bridgehead atoms. The van der Waals surface area contributed by atoms with E-state index in [1.54, 1.807) is 23.3 Å². The molecule has 0 aliphatic carbocycles. The molecule has 4 heterocycles. The number of carbonyl (C=O) groups excluding carboxylic acids is 1. The Kier molecular flexibility index (Phi) is 5.85. The van der Waals surface area contributed by atoms with Crippen LogP contribution in [-0.4, -0.2) is 48.5 Å². The Morgan fingerprint density at radius 3 is 2.73 bits per heavy atom. The molecule has 2 N–H and O–H groups in total. The number of hydrogen-bond donors (Lipinski definition) is 2. The van der Waals surface area contributed by atoms with Crippen molar-refractivity contribution in [2.45, 2.75) is 19.0 Å². The topological polar surface area (TPSA) is 128 Å². The summed E-state index contributed by atoms with van der Waals surface area (Å²) in [5.41, 5.74) is 2.29. The summed E-state index contributed by atoms with van der Waals surface area (Å²) < 4.78 is 14.4. The van der Waals surface area contributed by atoms with Crippen molar-refractivity contribution < 1.29 is 14.3 Å². The minimum atomic E-state index is -0.378. The lowest BCUT2D eigenvalue weighted by Crippen LogP contribution is -2.29. The summed E-state index contributed by atoms with van der Waals surface area (Å²) >= 11 is 0. The highest BCUT2D eigenvalue weighted by Crippen LogP contribution is 2.33. The van der Waals surface area contributed by atoms with Gasteiger partial charge in [-0.05, 0) is 30.2 Å². The van der Waals surface area contributed by atoms with Crippen LogP contribution in [0.25, 0.3) is 16.8 Å². The van der Waals surface area contributed by atoms with Gasteiger partial charge in [0.15, 0.2) is 17.2 Å². The van der Waals surface area contributed by atoms with E-state index in [-0.39, 0.29) is 28.7 Å². The summed E-state index contributed by atoms with van der Waals surface area (Å²) in [5, 5.41) is 11.6. The van der Waals surface area contributed by atoms with Gasteiger partial charge in [0.05, 0.1) is 17.9 Å². The highest BCUT2D eigenvalue weighted by molar-refractivity contribution is 5.93. The Morgan fingerprint density at radius 1 is 1.08 bits per heavy atom. The summed E-state index contributed by atoms with van der Waals surface area (Å²) in [4.78, 5) is 32.9. The smallest absolute Gasteiger partial charge is 0.274 e. The molecule has 5 aromatic rings. The van der Waals surface area contributed by atoms with Crippen molar-refractivity contribution in [2.24, 2.45) is 0 Å². The van der Waals surface area contributed by atoms with Gasteiger partial charge in [-0.2, -0.15) is 10.2 Å². The van der Waals surface area contributed by atoms with Crippen LogP contribution in [0.1, 0.15) is 28.5 Å². The lowest BCUT2D eigenvalue weighted by Gasteiger charge is -2.18. The zero-order chi connectivity index (χ0) is 25.2. The van der Waals surface area contributed by atoms with Crippen LogP contribution < -0.4 is 20.3 Å². The molecule has 0 radical (unpaired) electrons. The highest BCUT2D eigenvalue weighted by atomic mass is 16.6. The Morgan fingerprint density at radius 2 is 1.92 bits per heavy atom. The van der Waals surface area contributed by atoms with Crippen LogP contribution in [0, 0.1) is 0 Å². The van der Waals surface area contributed by atoms with E-state index in [1.165, 1.54) is 16.9 Å². The number of aryl methyl sites for hydroxylation is 1. The average molecular weight is 498 g/mol. The summed E-state index contributed by atoms with van der Waals surface area (Å²) in [5.74, 6) is 0.896. The number of amides is 1. The van der Waals surface area contributed by atoms with Crippen LogP contribution in [0.4, 0.5) is 0 Å². The number of hydrogen-bond acceptors (Lipinski definition) is 7. The molecular formula is C26H23N7O4. The number of aromatic nitrogens is 6. The number of nitrogens with zero attached hydrogens (tertiary/aromatic N) is 5. The van der Waals surface area contributed by atoms with Crippen LogP contribution in [-0.2, 0) is 6.54 Å². The first-order valence-corrected chi connectivity index (χ1v) is 11.8. The van der Waals surface area contributed by atoms with Crippen molar-refractivity contribution in [1.29, 1.82) is 0 Å². The monoisotopic (exact) mass is 497 g/mol. The zero-order valence-electron chi connectivity index (χ0n) is 19.7. The maximum atomic E-state index is 13.2. The third-order valence-electron chi connectivity index (χ3n) is 6.17. The molecule has 186 valence electrons. The van der Waals surface area contributed by atoms with Gasteiger partial charge in [-0.1, -0.05) is 30.3 Å². The summed E-state index contributed by atoms with van der Waals surface area (Å²) in [6, 6.07) is 16.3. The fraction of sp³-hybridized carbons (Fsp3) is 0.192. The standard InChI is InChI=1S/C26H23N7O4/c34-25(29-19(17-4-2-1-3-5-17)8-9-32-16-27-15-28-32)20-13-22-26(35)30-21(14-33(22)31-20)18-6-7-23-24(12-18)37-11-10-36-23/h1-7,12-16,19H,8-11H2,(H,29,34)(H,30,35). The molecule has 0 fully saturated rings. The van der Waals surface area contributed by atoms with E-state index in [2.05, 4.69) is 25.5 Å². The third-order valence-corrected chi connectivity index (χ3v) is 6.17. The molecular weight excluding hydrogens is 474 g/mol. The Labute approximate surface area is 210 Å². The summed E-state index contributed by atoms with van der Waals surface area (Å²) in [6.07, 6.45) is 5.39. The number of nitrogens with one attached hydrogen (secondary N) is 2. The molecule has 37 heavy (non-hydrogen) atoms. The van der Waals surface area contributed by atoms with Crippen molar-refractivity contribution in [1.82, 2.24) is 34.7 Å². The van der Waals surface area contributed by atoms with Crippen molar-refractivity contribution in [3.05, 3.63) is 95.1 Å². The fourth-order valence-electron chi connectivity index (χ4n) is 4.32. The number of benzene rings is 2. The molecule has 0 spiro atoms. The first-order valence-electron chi connectivity index (χ1n) is 11.8. The van der Waals surface area contributed by atoms with E-state index in [1.807, 2.05) is 42.5 Å². The van der Waals surface area contributed by atoms with E-state index >= 15 is 0 Å². The predicted molar refractivity (Wildman–Crippen MR) is 134 cm³/mol. The second kappa shape index (κ2) is 9.61. The minimum absolute atomic E-state index is 0.145. The maximum Gasteiger partial charge on any atom is 0.274 e. The van der Waals surface area contributed by atoms with Crippen LogP contribution in [0.2, 0.25) is 0 Å². The van der Waals surface area contributed by atoms with Crippen molar-refractivity contribution in [2.75, 3.05) is 13.2 Å². The fourth-order valence-corrected chi connectivity index (χ4v) is 4.32. The first kappa shape index (κ1) is 22.5.